The summed E-state index contributed by atoms with van der Waals surface area (Å²) in [6, 6.07) is 0. The zero-order chi connectivity index (χ0) is 24.5. The molecule has 0 spiro atoms. The molecule has 1 heterocycles. The number of thiol groups is 4. The van der Waals surface area contributed by atoms with Gasteiger partial charge in [-0.1, -0.05) is 41.5 Å². The molecule has 1 saturated heterocycles. The Bertz CT molecular complexity index is 756. The molecular formula is C21H33NO5S4. The van der Waals surface area contributed by atoms with Gasteiger partial charge in [-0.2, -0.15) is 50.5 Å². The van der Waals surface area contributed by atoms with Gasteiger partial charge in [0.15, 0.2) is 0 Å². The summed E-state index contributed by atoms with van der Waals surface area (Å²) >= 11 is 17.2. The number of hydrogen-bond acceptors (Lipinski definition) is 9. The Hall–Kier alpha value is -0.450. The second-order valence-corrected chi connectivity index (χ2v) is 12.5. The summed E-state index contributed by atoms with van der Waals surface area (Å²) in [5.41, 5.74) is -0.778. The molecule has 0 aromatic rings. The molecule has 31 heavy (non-hydrogen) atoms. The van der Waals surface area contributed by atoms with Gasteiger partial charge in [0.1, 0.15) is 11.6 Å². The first-order valence-electron chi connectivity index (χ1n) is 10.1. The van der Waals surface area contributed by atoms with Gasteiger partial charge in [0.2, 0.25) is 17.7 Å². The van der Waals surface area contributed by atoms with Crippen LogP contribution < -0.4 is 0 Å². The molecular weight excluding hydrogens is 475 g/mol. The van der Waals surface area contributed by atoms with Crippen LogP contribution in [0, 0.1) is 16.7 Å². The summed E-state index contributed by atoms with van der Waals surface area (Å²) in [6.45, 7) is 11.2. The largest absolute Gasteiger partial charge is 0.298 e. The van der Waals surface area contributed by atoms with Crippen molar-refractivity contribution < 1.29 is 24.0 Å². The van der Waals surface area contributed by atoms with Gasteiger partial charge in [-0.05, 0) is 10.8 Å². The normalized spacial score (nSPS) is 21.6. The Balaban J connectivity index is 2.85. The number of nitrogens with zero attached hydrogens (tertiary/aromatic N) is 1. The fourth-order valence-electron chi connectivity index (χ4n) is 3.15. The lowest BCUT2D eigenvalue weighted by Crippen LogP contribution is -2.44. The van der Waals surface area contributed by atoms with Crippen LogP contribution >= 0.6 is 50.5 Å². The first kappa shape index (κ1) is 28.6. The van der Waals surface area contributed by atoms with Crippen molar-refractivity contribution in [3.05, 3.63) is 0 Å². The van der Waals surface area contributed by atoms with Crippen molar-refractivity contribution in [3.63, 3.8) is 0 Å². The van der Waals surface area contributed by atoms with E-state index < -0.39 is 50.1 Å². The second-order valence-electron chi connectivity index (χ2n) is 10.2. The molecule has 0 aliphatic carbocycles. The molecule has 0 saturated carbocycles. The number of ketones is 2. The van der Waals surface area contributed by atoms with E-state index >= 15 is 0 Å². The van der Waals surface area contributed by atoms with E-state index in [-0.39, 0.29) is 36.2 Å². The standard InChI is InChI=1S/C21H33NO5S4/c1-20(2,3)16(30)11(23)8-13(28)10-7-15(25)22(18(10)26)19(27)14(29)9-12(24)17(31)21(4,5)6/h10,13-14,16-17,28-31H,7-9H2,1-6H3. The first-order chi connectivity index (χ1) is 13.9. The third-order valence-electron chi connectivity index (χ3n) is 5.21. The fourth-order valence-corrected chi connectivity index (χ4v) is 4.07. The molecule has 0 radical (unpaired) electrons. The highest BCUT2D eigenvalue weighted by molar-refractivity contribution is 7.82. The van der Waals surface area contributed by atoms with E-state index in [2.05, 4.69) is 50.5 Å². The maximum absolute atomic E-state index is 12.8. The number of likely N-dealkylation sites (tertiary alicyclic amines) is 1. The Labute approximate surface area is 206 Å². The van der Waals surface area contributed by atoms with Crippen LogP contribution in [0.2, 0.25) is 0 Å². The number of carbonyl (C=O) groups excluding carboxylic acids is 5. The average molecular weight is 508 g/mol. The molecule has 1 rings (SSSR count). The van der Waals surface area contributed by atoms with Crippen molar-refractivity contribution in [2.24, 2.45) is 16.7 Å². The lowest BCUT2D eigenvalue weighted by molar-refractivity contribution is -0.150. The SMILES string of the molecule is CC(C)(C)C(S)C(=O)CC(S)C(=O)N1C(=O)CC(C(S)CC(=O)C(S)C(C)(C)C)C1=O. The van der Waals surface area contributed by atoms with E-state index in [9.17, 15) is 24.0 Å². The predicted molar refractivity (Wildman–Crippen MR) is 134 cm³/mol. The minimum atomic E-state index is -1.14. The van der Waals surface area contributed by atoms with E-state index in [4.69, 9.17) is 0 Å². The molecule has 0 bridgehead atoms. The molecule has 10 heteroatoms. The molecule has 0 aromatic carbocycles. The van der Waals surface area contributed by atoms with Gasteiger partial charge in [-0.15, -0.1) is 0 Å². The van der Waals surface area contributed by atoms with E-state index in [1.54, 1.807) is 0 Å². The van der Waals surface area contributed by atoms with Crippen molar-refractivity contribution in [3.8, 4) is 0 Å². The van der Waals surface area contributed by atoms with Crippen LogP contribution in [-0.4, -0.2) is 55.2 Å². The molecule has 176 valence electrons. The van der Waals surface area contributed by atoms with Crippen LogP contribution in [0.4, 0.5) is 0 Å². The van der Waals surface area contributed by atoms with Crippen LogP contribution in [0.1, 0.15) is 60.8 Å². The molecule has 5 unspecified atom stereocenters. The summed E-state index contributed by atoms with van der Waals surface area (Å²) in [5, 5.41) is -3.02. The zero-order valence-corrected chi connectivity index (χ0v) is 22.4. The van der Waals surface area contributed by atoms with Gasteiger partial charge < -0.3 is 0 Å². The topological polar surface area (TPSA) is 88.6 Å². The summed E-state index contributed by atoms with van der Waals surface area (Å²) in [7, 11) is 0. The first-order valence-corrected chi connectivity index (χ1v) is 12.1. The molecule has 6 nitrogen and oxygen atoms in total. The maximum Gasteiger partial charge on any atom is 0.249 e. The third-order valence-corrected chi connectivity index (χ3v) is 8.28. The molecule has 3 amide bonds. The lowest BCUT2D eigenvalue weighted by atomic mass is 9.86. The van der Waals surface area contributed by atoms with E-state index in [1.807, 2.05) is 41.5 Å². The van der Waals surface area contributed by atoms with Gasteiger partial charge in [-0.3, -0.25) is 24.0 Å². The molecule has 1 aliphatic rings. The number of imide groups is 3. The predicted octanol–water partition coefficient (Wildman–Crippen LogP) is 3.09. The number of hydrogen-bond donors (Lipinski definition) is 4. The highest BCUT2D eigenvalue weighted by Crippen LogP contribution is 2.33. The van der Waals surface area contributed by atoms with Gasteiger partial charge in [0.05, 0.1) is 21.7 Å². The molecule has 1 fully saturated rings. The highest BCUT2D eigenvalue weighted by atomic mass is 32.1. The summed E-state index contributed by atoms with van der Waals surface area (Å²) in [6.07, 6.45) is -0.509. The van der Waals surface area contributed by atoms with E-state index in [0.29, 0.717) is 4.90 Å². The lowest BCUT2D eigenvalue weighted by Gasteiger charge is -2.27. The number of Topliss-reactive ketones (excluding diaryl/α,β-unsaturated/α-hetero) is 2. The smallest absolute Gasteiger partial charge is 0.249 e. The minimum absolute atomic E-state index is 0.0457. The average Bonchev–Trinajstić information content (AvgIpc) is 2.92. The summed E-state index contributed by atoms with van der Waals surface area (Å²) in [5.74, 6) is -3.58. The number of carbonyl (C=O) groups is 5. The molecule has 0 N–H and O–H groups in total. The van der Waals surface area contributed by atoms with Gasteiger partial charge in [0, 0.05) is 24.5 Å². The fraction of sp³-hybridized carbons (Fsp3) is 0.762. The van der Waals surface area contributed by atoms with Crippen LogP contribution in [0.5, 0.6) is 0 Å². The van der Waals surface area contributed by atoms with Crippen molar-refractivity contribution in [1.29, 1.82) is 0 Å². The Morgan fingerprint density at radius 1 is 0.871 bits per heavy atom. The Morgan fingerprint density at radius 3 is 1.71 bits per heavy atom. The van der Waals surface area contributed by atoms with Crippen molar-refractivity contribution in [1.82, 2.24) is 4.90 Å². The summed E-state index contributed by atoms with van der Waals surface area (Å²) < 4.78 is 0. The van der Waals surface area contributed by atoms with Gasteiger partial charge >= 0.3 is 0 Å². The van der Waals surface area contributed by atoms with Crippen LogP contribution in [0.25, 0.3) is 0 Å². The third kappa shape index (κ3) is 7.27. The van der Waals surface area contributed by atoms with Gasteiger partial charge in [0.25, 0.3) is 0 Å². The molecule has 0 aromatic heterocycles. The molecule has 5 atom stereocenters. The van der Waals surface area contributed by atoms with E-state index in [0.717, 1.165) is 0 Å². The number of rotatable bonds is 8. The summed E-state index contributed by atoms with van der Waals surface area (Å²) in [4.78, 5) is 63.4. The van der Waals surface area contributed by atoms with E-state index in [1.165, 1.54) is 0 Å². The number of amides is 3. The minimum Gasteiger partial charge on any atom is -0.298 e. The Morgan fingerprint density at radius 2 is 1.29 bits per heavy atom. The van der Waals surface area contributed by atoms with Crippen molar-refractivity contribution in [2.75, 3.05) is 0 Å². The maximum atomic E-state index is 12.8. The highest BCUT2D eigenvalue weighted by Gasteiger charge is 2.47. The van der Waals surface area contributed by atoms with Crippen molar-refractivity contribution >= 4 is 79.8 Å². The van der Waals surface area contributed by atoms with Crippen molar-refractivity contribution in [2.45, 2.75) is 81.8 Å². The van der Waals surface area contributed by atoms with Crippen LogP contribution in [0.3, 0.4) is 0 Å². The second kappa shape index (κ2) is 10.7. The van der Waals surface area contributed by atoms with Crippen LogP contribution in [-0.2, 0) is 24.0 Å². The molecule has 1 aliphatic heterocycles. The Kier molecular flexibility index (Phi) is 9.82. The zero-order valence-electron chi connectivity index (χ0n) is 18.8. The van der Waals surface area contributed by atoms with Gasteiger partial charge in [-0.25, -0.2) is 4.90 Å². The van der Waals surface area contributed by atoms with Crippen LogP contribution in [0.15, 0.2) is 0 Å². The quantitative estimate of drug-likeness (QED) is 0.300. The monoisotopic (exact) mass is 507 g/mol.